The van der Waals surface area contributed by atoms with Crippen LogP contribution in [-0.4, -0.2) is 48.9 Å². The van der Waals surface area contributed by atoms with Gasteiger partial charge in [-0.3, -0.25) is 0 Å². The molecule has 0 spiro atoms. The van der Waals surface area contributed by atoms with Gasteiger partial charge in [-0.1, -0.05) is 12.1 Å². The SMILES string of the molecule is CSc1ccccc1Nc1cc(N2CCNCC2)cc2c(NCC3CC3)ncnc12. The summed E-state index contributed by atoms with van der Waals surface area (Å²) in [5.41, 5.74) is 4.31. The molecule has 2 fully saturated rings. The Balaban J connectivity index is 1.58. The number of nitrogens with zero attached hydrogens (tertiary/aromatic N) is 3. The lowest BCUT2D eigenvalue weighted by Gasteiger charge is -2.30. The third-order valence-corrected chi connectivity index (χ3v) is 6.63. The zero-order chi connectivity index (χ0) is 20.3. The summed E-state index contributed by atoms with van der Waals surface area (Å²) in [5.74, 6) is 1.72. The molecule has 3 aromatic rings. The number of benzene rings is 2. The molecule has 1 saturated carbocycles. The Hall–Kier alpha value is -2.51. The predicted molar refractivity (Wildman–Crippen MR) is 127 cm³/mol. The van der Waals surface area contributed by atoms with Crippen LogP contribution >= 0.6 is 11.8 Å². The van der Waals surface area contributed by atoms with Gasteiger partial charge in [0.05, 0.1) is 16.9 Å². The number of para-hydroxylation sites is 1. The first-order chi connectivity index (χ1) is 14.8. The molecule has 0 radical (unpaired) electrons. The second kappa shape index (κ2) is 8.70. The summed E-state index contributed by atoms with van der Waals surface area (Å²) >= 11 is 1.75. The Kier molecular flexibility index (Phi) is 5.64. The molecule has 0 atom stereocenters. The van der Waals surface area contributed by atoms with Gasteiger partial charge in [0.2, 0.25) is 0 Å². The highest BCUT2D eigenvalue weighted by Crippen LogP contribution is 2.36. The molecule has 1 aliphatic heterocycles. The molecule has 2 aliphatic rings. The summed E-state index contributed by atoms with van der Waals surface area (Å²) in [4.78, 5) is 12.9. The summed E-state index contributed by atoms with van der Waals surface area (Å²) in [7, 11) is 0. The fourth-order valence-electron chi connectivity index (χ4n) is 3.95. The van der Waals surface area contributed by atoms with E-state index in [1.807, 2.05) is 0 Å². The first kappa shape index (κ1) is 19.5. The minimum absolute atomic E-state index is 0.789. The van der Waals surface area contributed by atoms with Crippen LogP contribution in [0, 0.1) is 5.92 Å². The maximum absolute atomic E-state index is 4.67. The highest BCUT2D eigenvalue weighted by molar-refractivity contribution is 7.98. The van der Waals surface area contributed by atoms with Crippen molar-refractivity contribution in [3.8, 4) is 0 Å². The fourth-order valence-corrected chi connectivity index (χ4v) is 4.50. The van der Waals surface area contributed by atoms with E-state index in [0.717, 1.165) is 66.7 Å². The van der Waals surface area contributed by atoms with Crippen LogP contribution in [-0.2, 0) is 0 Å². The van der Waals surface area contributed by atoms with Crippen LogP contribution in [0.25, 0.3) is 10.9 Å². The minimum Gasteiger partial charge on any atom is -0.369 e. The van der Waals surface area contributed by atoms with Gasteiger partial charge in [0.1, 0.15) is 12.1 Å². The lowest BCUT2D eigenvalue weighted by atomic mass is 10.1. The van der Waals surface area contributed by atoms with E-state index in [0.29, 0.717) is 0 Å². The molecule has 7 heteroatoms. The lowest BCUT2D eigenvalue weighted by molar-refractivity contribution is 0.589. The molecule has 1 aromatic heterocycles. The number of fused-ring (bicyclic) bond motifs is 1. The Morgan fingerprint density at radius 1 is 1.10 bits per heavy atom. The highest BCUT2D eigenvalue weighted by atomic mass is 32.2. The summed E-state index contributed by atoms with van der Waals surface area (Å²) in [6.07, 6.45) is 6.42. The predicted octanol–water partition coefficient (Wildman–Crippen LogP) is 4.33. The van der Waals surface area contributed by atoms with E-state index in [2.05, 4.69) is 73.5 Å². The zero-order valence-electron chi connectivity index (χ0n) is 17.3. The van der Waals surface area contributed by atoms with Crippen molar-refractivity contribution in [1.82, 2.24) is 15.3 Å². The first-order valence-electron chi connectivity index (χ1n) is 10.7. The van der Waals surface area contributed by atoms with Crippen LogP contribution in [0.3, 0.4) is 0 Å². The van der Waals surface area contributed by atoms with E-state index in [1.54, 1.807) is 18.1 Å². The number of hydrogen-bond acceptors (Lipinski definition) is 7. The maximum Gasteiger partial charge on any atom is 0.137 e. The number of hydrogen-bond donors (Lipinski definition) is 3. The Morgan fingerprint density at radius 2 is 1.93 bits per heavy atom. The smallest absolute Gasteiger partial charge is 0.137 e. The monoisotopic (exact) mass is 420 g/mol. The van der Waals surface area contributed by atoms with Crippen molar-refractivity contribution in [3.63, 3.8) is 0 Å². The van der Waals surface area contributed by atoms with Crippen LogP contribution in [0.2, 0.25) is 0 Å². The molecule has 2 aromatic carbocycles. The summed E-state index contributed by atoms with van der Waals surface area (Å²) < 4.78 is 0. The molecule has 0 bridgehead atoms. The largest absolute Gasteiger partial charge is 0.369 e. The molecule has 0 unspecified atom stereocenters. The first-order valence-corrected chi connectivity index (χ1v) is 11.9. The molecule has 1 saturated heterocycles. The van der Waals surface area contributed by atoms with Gasteiger partial charge in [0, 0.05) is 48.7 Å². The number of nitrogens with one attached hydrogen (secondary N) is 3. The molecule has 3 N–H and O–H groups in total. The molecule has 0 amide bonds. The van der Waals surface area contributed by atoms with E-state index >= 15 is 0 Å². The van der Waals surface area contributed by atoms with E-state index in [-0.39, 0.29) is 0 Å². The molecular formula is C23H28N6S. The molecule has 2 heterocycles. The van der Waals surface area contributed by atoms with Crippen molar-refractivity contribution in [2.45, 2.75) is 17.7 Å². The summed E-state index contributed by atoms with van der Waals surface area (Å²) in [5, 5.41) is 11.8. The minimum atomic E-state index is 0.789. The topological polar surface area (TPSA) is 65.1 Å². The van der Waals surface area contributed by atoms with Gasteiger partial charge >= 0.3 is 0 Å². The Bertz CT molecular complexity index is 1030. The van der Waals surface area contributed by atoms with Gasteiger partial charge in [0.25, 0.3) is 0 Å². The van der Waals surface area contributed by atoms with Crippen molar-refractivity contribution < 1.29 is 0 Å². The van der Waals surface area contributed by atoms with Crippen LogP contribution in [0.15, 0.2) is 47.6 Å². The normalized spacial score (nSPS) is 16.6. The van der Waals surface area contributed by atoms with Gasteiger partial charge in [-0.05, 0) is 49.3 Å². The highest BCUT2D eigenvalue weighted by Gasteiger charge is 2.22. The van der Waals surface area contributed by atoms with Gasteiger partial charge < -0.3 is 20.9 Å². The molecule has 1 aliphatic carbocycles. The van der Waals surface area contributed by atoms with Gasteiger partial charge in [-0.15, -0.1) is 11.8 Å². The number of anilines is 4. The van der Waals surface area contributed by atoms with E-state index in [1.165, 1.54) is 23.4 Å². The van der Waals surface area contributed by atoms with Crippen molar-refractivity contribution in [3.05, 3.63) is 42.7 Å². The van der Waals surface area contributed by atoms with Crippen LogP contribution < -0.4 is 20.9 Å². The van der Waals surface area contributed by atoms with E-state index in [9.17, 15) is 0 Å². The van der Waals surface area contributed by atoms with Crippen LogP contribution in [0.5, 0.6) is 0 Å². The zero-order valence-corrected chi connectivity index (χ0v) is 18.1. The second-order valence-electron chi connectivity index (χ2n) is 8.00. The Labute approximate surface area is 181 Å². The van der Waals surface area contributed by atoms with Crippen molar-refractivity contribution in [2.75, 3.05) is 54.5 Å². The summed E-state index contributed by atoms with van der Waals surface area (Å²) in [6.45, 7) is 5.01. The average Bonchev–Trinajstić information content (AvgIpc) is 3.63. The van der Waals surface area contributed by atoms with Crippen LogP contribution in [0.4, 0.5) is 22.9 Å². The van der Waals surface area contributed by atoms with Crippen molar-refractivity contribution in [1.29, 1.82) is 0 Å². The number of rotatable bonds is 7. The Morgan fingerprint density at radius 3 is 2.73 bits per heavy atom. The fraction of sp³-hybridized carbons (Fsp3) is 0.391. The lowest BCUT2D eigenvalue weighted by Crippen LogP contribution is -2.43. The standard InChI is InChI=1S/C23H28N6S/c1-30-21-5-3-2-4-19(21)28-20-13-17(29-10-8-24-9-11-29)12-18-22(20)26-15-27-23(18)25-14-16-6-7-16/h2-5,12-13,15-16,24,28H,6-11,14H2,1H3,(H,25,26,27). The number of piperazine rings is 1. The average molecular weight is 421 g/mol. The van der Waals surface area contributed by atoms with Gasteiger partial charge in [-0.2, -0.15) is 0 Å². The van der Waals surface area contributed by atoms with Gasteiger partial charge in [-0.25, -0.2) is 9.97 Å². The number of aromatic nitrogens is 2. The molecule has 30 heavy (non-hydrogen) atoms. The van der Waals surface area contributed by atoms with E-state index in [4.69, 9.17) is 0 Å². The molecular weight excluding hydrogens is 392 g/mol. The molecule has 5 rings (SSSR count). The van der Waals surface area contributed by atoms with Crippen LogP contribution in [0.1, 0.15) is 12.8 Å². The third kappa shape index (κ3) is 4.18. The van der Waals surface area contributed by atoms with Crippen molar-refractivity contribution in [2.24, 2.45) is 5.92 Å². The van der Waals surface area contributed by atoms with Crippen molar-refractivity contribution >= 4 is 45.5 Å². The quantitative estimate of drug-likeness (QED) is 0.492. The van der Waals surface area contributed by atoms with E-state index < -0.39 is 0 Å². The third-order valence-electron chi connectivity index (χ3n) is 5.84. The molecule has 6 nitrogen and oxygen atoms in total. The second-order valence-corrected chi connectivity index (χ2v) is 8.85. The maximum atomic E-state index is 4.67. The number of thioether (sulfide) groups is 1. The molecule has 156 valence electrons. The van der Waals surface area contributed by atoms with Gasteiger partial charge in [0.15, 0.2) is 0 Å². The summed E-state index contributed by atoms with van der Waals surface area (Å²) in [6, 6.07) is 12.9.